The van der Waals surface area contributed by atoms with Crippen molar-refractivity contribution in [2.45, 2.75) is 13.0 Å². The van der Waals surface area contributed by atoms with Crippen molar-refractivity contribution in [3.8, 4) is 11.5 Å². The van der Waals surface area contributed by atoms with Gasteiger partial charge in [-0.3, -0.25) is 9.59 Å². The second-order valence-corrected chi connectivity index (χ2v) is 6.85. The smallest absolute Gasteiger partial charge is 0.339 e. The summed E-state index contributed by atoms with van der Waals surface area (Å²) in [6.45, 7) is 1.59. The van der Waals surface area contributed by atoms with Crippen molar-refractivity contribution in [1.29, 1.82) is 0 Å². The van der Waals surface area contributed by atoms with E-state index in [1.54, 1.807) is 66.7 Å². The molecule has 0 fully saturated rings. The van der Waals surface area contributed by atoms with Crippen LogP contribution in [-0.4, -0.2) is 30.6 Å². The van der Waals surface area contributed by atoms with Crippen molar-refractivity contribution in [2.75, 3.05) is 12.1 Å². The third-order valence-corrected chi connectivity index (χ3v) is 4.72. The molecule has 1 heterocycles. The van der Waals surface area contributed by atoms with Gasteiger partial charge in [-0.05, 0) is 25.1 Å². The van der Waals surface area contributed by atoms with Crippen LogP contribution in [0, 0.1) is 0 Å². The first-order valence-corrected chi connectivity index (χ1v) is 9.63. The number of hydrogen-bond donors (Lipinski definition) is 1. The Balaban J connectivity index is 1.45. The monoisotopic (exact) mass is 417 g/mol. The van der Waals surface area contributed by atoms with E-state index in [-0.39, 0.29) is 23.7 Å². The molecular formula is C24H19NO6. The number of hydrogen-bond acceptors (Lipinski definition) is 6. The Bertz CT molecular complexity index is 1140. The normalized spacial score (nSPS) is 12.7. The zero-order chi connectivity index (χ0) is 21.8. The summed E-state index contributed by atoms with van der Waals surface area (Å²) >= 11 is 0. The van der Waals surface area contributed by atoms with Gasteiger partial charge >= 0.3 is 5.97 Å². The highest BCUT2D eigenvalue weighted by Crippen LogP contribution is 2.34. The predicted octanol–water partition coefficient (Wildman–Crippen LogP) is 3.83. The topological polar surface area (TPSA) is 90.9 Å². The van der Waals surface area contributed by atoms with Gasteiger partial charge in [0, 0.05) is 22.9 Å². The molecule has 3 aromatic rings. The molecule has 0 spiro atoms. The maximum absolute atomic E-state index is 12.8. The van der Waals surface area contributed by atoms with Crippen LogP contribution in [-0.2, 0) is 9.53 Å². The van der Waals surface area contributed by atoms with Crippen LogP contribution in [0.2, 0.25) is 0 Å². The van der Waals surface area contributed by atoms with Gasteiger partial charge in [-0.15, -0.1) is 0 Å². The van der Waals surface area contributed by atoms with E-state index in [4.69, 9.17) is 14.2 Å². The third kappa shape index (κ3) is 4.40. The third-order valence-electron chi connectivity index (χ3n) is 4.72. The average molecular weight is 417 g/mol. The van der Waals surface area contributed by atoms with E-state index >= 15 is 0 Å². The Kier molecular flexibility index (Phi) is 5.66. The Hall–Kier alpha value is -4.13. The molecule has 1 N–H and O–H groups in total. The Morgan fingerprint density at radius 1 is 0.871 bits per heavy atom. The molecule has 1 atom stereocenters. The van der Waals surface area contributed by atoms with Crippen molar-refractivity contribution in [2.24, 2.45) is 0 Å². The van der Waals surface area contributed by atoms with Gasteiger partial charge in [-0.1, -0.05) is 48.5 Å². The largest absolute Gasteiger partial charge is 0.454 e. The molecule has 1 aliphatic rings. The highest BCUT2D eigenvalue weighted by atomic mass is 16.7. The fourth-order valence-corrected chi connectivity index (χ4v) is 3.10. The van der Waals surface area contributed by atoms with Gasteiger partial charge in [-0.25, -0.2) is 4.79 Å². The summed E-state index contributed by atoms with van der Waals surface area (Å²) in [5.74, 6) is -0.453. The number of esters is 1. The summed E-state index contributed by atoms with van der Waals surface area (Å²) in [6, 6.07) is 20.0. The van der Waals surface area contributed by atoms with Crippen molar-refractivity contribution < 1.29 is 28.6 Å². The summed E-state index contributed by atoms with van der Waals surface area (Å²) in [5, 5.41) is 2.67. The minimum Gasteiger partial charge on any atom is -0.454 e. The number of rotatable bonds is 6. The van der Waals surface area contributed by atoms with Crippen LogP contribution < -0.4 is 14.8 Å². The number of benzene rings is 3. The number of carbonyl (C=O) groups is 3. The zero-order valence-electron chi connectivity index (χ0n) is 16.7. The van der Waals surface area contributed by atoms with Gasteiger partial charge in [0.2, 0.25) is 6.79 Å². The minimum atomic E-state index is -1.09. The number of ether oxygens (including phenoxy) is 3. The molecule has 0 radical (unpaired) electrons. The summed E-state index contributed by atoms with van der Waals surface area (Å²) in [5.41, 5.74) is 1.24. The molecule has 0 aromatic heterocycles. The molecular weight excluding hydrogens is 398 g/mol. The first-order chi connectivity index (χ1) is 15.0. The number of carbonyl (C=O) groups excluding carboxylic acids is 3. The lowest BCUT2D eigenvalue weighted by Gasteiger charge is -2.15. The molecule has 0 aliphatic carbocycles. The lowest BCUT2D eigenvalue weighted by molar-refractivity contribution is -0.123. The van der Waals surface area contributed by atoms with Gasteiger partial charge in [0.15, 0.2) is 23.4 Å². The molecule has 0 saturated heterocycles. The molecule has 1 aliphatic heterocycles. The average Bonchev–Trinajstić information content (AvgIpc) is 3.27. The fraction of sp³-hybridized carbons (Fsp3) is 0.125. The quantitative estimate of drug-likeness (QED) is 0.484. The molecule has 0 saturated carbocycles. The van der Waals surface area contributed by atoms with Gasteiger partial charge < -0.3 is 19.5 Å². The zero-order valence-corrected chi connectivity index (χ0v) is 16.7. The summed E-state index contributed by atoms with van der Waals surface area (Å²) in [7, 11) is 0. The van der Waals surface area contributed by atoms with Crippen LogP contribution >= 0.6 is 0 Å². The number of anilines is 1. The molecule has 0 bridgehead atoms. The lowest BCUT2D eigenvalue weighted by atomic mass is 9.98. The standard InChI is InChI=1S/C24H19NO6/c1-15(23(27)25-17-11-12-20-21(13-17)30-14-29-20)31-24(28)19-10-6-5-9-18(19)22(26)16-7-3-2-4-8-16/h2-13,15H,14H2,1H3,(H,25,27). The summed E-state index contributed by atoms with van der Waals surface area (Å²) in [4.78, 5) is 38.0. The molecule has 156 valence electrons. The number of nitrogens with one attached hydrogen (secondary N) is 1. The van der Waals surface area contributed by atoms with Crippen molar-refractivity contribution in [1.82, 2.24) is 0 Å². The SMILES string of the molecule is CC(OC(=O)c1ccccc1C(=O)c1ccccc1)C(=O)Nc1ccc2c(c1)OCO2. The van der Waals surface area contributed by atoms with E-state index in [2.05, 4.69) is 5.32 Å². The van der Waals surface area contributed by atoms with E-state index in [1.807, 2.05) is 0 Å². The summed E-state index contributed by atoms with van der Waals surface area (Å²) in [6.07, 6.45) is -1.09. The van der Waals surface area contributed by atoms with Crippen LogP contribution in [0.4, 0.5) is 5.69 Å². The van der Waals surface area contributed by atoms with E-state index < -0.39 is 18.0 Å². The molecule has 4 rings (SSSR count). The molecule has 7 heteroatoms. The Morgan fingerprint density at radius 3 is 2.32 bits per heavy atom. The molecule has 31 heavy (non-hydrogen) atoms. The first kappa shape index (κ1) is 20.2. The van der Waals surface area contributed by atoms with Crippen LogP contribution in [0.1, 0.15) is 33.2 Å². The molecule has 1 amide bonds. The molecule has 3 aromatic carbocycles. The van der Waals surface area contributed by atoms with Crippen LogP contribution in [0.3, 0.4) is 0 Å². The van der Waals surface area contributed by atoms with E-state index in [1.165, 1.54) is 13.0 Å². The van der Waals surface area contributed by atoms with Gasteiger partial charge in [0.1, 0.15) is 0 Å². The highest BCUT2D eigenvalue weighted by Gasteiger charge is 2.24. The second-order valence-electron chi connectivity index (χ2n) is 6.85. The van der Waals surface area contributed by atoms with Crippen LogP contribution in [0.25, 0.3) is 0 Å². The lowest BCUT2D eigenvalue weighted by Crippen LogP contribution is -2.30. The van der Waals surface area contributed by atoms with Gasteiger partial charge in [0.25, 0.3) is 5.91 Å². The van der Waals surface area contributed by atoms with Crippen molar-refractivity contribution in [3.63, 3.8) is 0 Å². The fourth-order valence-electron chi connectivity index (χ4n) is 3.10. The van der Waals surface area contributed by atoms with Gasteiger partial charge in [0.05, 0.1) is 5.56 Å². The molecule has 1 unspecified atom stereocenters. The van der Waals surface area contributed by atoms with Crippen LogP contribution in [0.5, 0.6) is 11.5 Å². The number of ketones is 1. The van der Waals surface area contributed by atoms with E-state index in [0.29, 0.717) is 22.7 Å². The van der Waals surface area contributed by atoms with E-state index in [9.17, 15) is 14.4 Å². The minimum absolute atomic E-state index is 0.0964. The molecule has 7 nitrogen and oxygen atoms in total. The Labute approximate surface area is 178 Å². The van der Waals surface area contributed by atoms with Crippen molar-refractivity contribution >= 4 is 23.3 Å². The predicted molar refractivity (Wildman–Crippen MR) is 112 cm³/mol. The first-order valence-electron chi connectivity index (χ1n) is 9.63. The second kappa shape index (κ2) is 8.71. The van der Waals surface area contributed by atoms with E-state index in [0.717, 1.165) is 0 Å². The number of amides is 1. The number of fused-ring (bicyclic) bond motifs is 1. The van der Waals surface area contributed by atoms with Crippen LogP contribution in [0.15, 0.2) is 72.8 Å². The maximum atomic E-state index is 12.8. The van der Waals surface area contributed by atoms with Gasteiger partial charge in [-0.2, -0.15) is 0 Å². The summed E-state index contributed by atoms with van der Waals surface area (Å²) < 4.78 is 15.9. The highest BCUT2D eigenvalue weighted by molar-refractivity contribution is 6.14. The maximum Gasteiger partial charge on any atom is 0.339 e. The Morgan fingerprint density at radius 2 is 1.55 bits per heavy atom. The van der Waals surface area contributed by atoms with Crippen molar-refractivity contribution in [3.05, 3.63) is 89.5 Å².